The van der Waals surface area contributed by atoms with E-state index in [1.165, 1.54) is 6.08 Å². The summed E-state index contributed by atoms with van der Waals surface area (Å²) in [4.78, 5) is 25.2. The molecule has 0 aliphatic carbocycles. The summed E-state index contributed by atoms with van der Waals surface area (Å²) in [5, 5.41) is 4.80. The third-order valence-corrected chi connectivity index (χ3v) is 3.11. The zero-order valence-corrected chi connectivity index (χ0v) is 12.5. The summed E-state index contributed by atoms with van der Waals surface area (Å²) < 4.78 is 0. The fourth-order valence-corrected chi connectivity index (χ4v) is 1.95. The molecule has 108 valence electrons. The summed E-state index contributed by atoms with van der Waals surface area (Å²) in [5.41, 5.74) is 2.11. The zero-order chi connectivity index (χ0) is 15.4. The Morgan fingerprint density at radius 1 is 1.05 bits per heavy atom. The molecule has 0 saturated carbocycles. The number of rotatable bonds is 3. The van der Waals surface area contributed by atoms with Crippen molar-refractivity contribution < 1.29 is 9.59 Å². The van der Waals surface area contributed by atoms with Gasteiger partial charge in [0.15, 0.2) is 5.11 Å². The van der Waals surface area contributed by atoms with E-state index in [9.17, 15) is 9.59 Å². The second kappa shape index (κ2) is 6.32. The third-order valence-electron chi connectivity index (χ3n) is 2.90. The molecule has 5 nitrogen and oxygen atoms in total. The Morgan fingerprint density at radius 3 is 2.14 bits per heavy atom. The van der Waals surface area contributed by atoms with Crippen LogP contribution in [0.2, 0.25) is 0 Å². The lowest BCUT2D eigenvalue weighted by atomic mass is 10.1. The van der Waals surface area contributed by atoms with E-state index >= 15 is 0 Å². The Bertz CT molecular complexity index is 623. The highest BCUT2D eigenvalue weighted by Crippen LogP contribution is 2.13. The number of carbonyl (C=O) groups excluding carboxylic acids is 2. The highest BCUT2D eigenvalue weighted by atomic mass is 32.1. The van der Waals surface area contributed by atoms with Gasteiger partial charge < -0.3 is 4.90 Å². The van der Waals surface area contributed by atoms with Crippen molar-refractivity contribution >= 4 is 40.9 Å². The molecule has 1 fully saturated rings. The Balaban J connectivity index is 2.10. The van der Waals surface area contributed by atoms with Gasteiger partial charge >= 0.3 is 0 Å². The molecule has 0 radical (unpaired) electrons. The predicted octanol–water partition coefficient (Wildman–Crippen LogP) is 1.22. The quantitative estimate of drug-likeness (QED) is 0.501. The minimum atomic E-state index is -0.489. The van der Waals surface area contributed by atoms with Crippen LogP contribution < -0.4 is 15.5 Å². The van der Waals surface area contributed by atoms with Crippen LogP contribution in [0.5, 0.6) is 0 Å². The molecule has 0 bridgehead atoms. The van der Waals surface area contributed by atoms with Crippen LogP contribution in [-0.2, 0) is 9.59 Å². The number of carbonyl (C=O) groups is 2. The minimum absolute atomic E-state index is 0.0322. The van der Waals surface area contributed by atoms with Crippen LogP contribution in [0.15, 0.2) is 42.0 Å². The highest BCUT2D eigenvalue weighted by molar-refractivity contribution is 7.80. The molecule has 1 saturated heterocycles. The first-order valence-corrected chi connectivity index (χ1v) is 6.70. The molecular formula is C15H15N3O2S. The summed E-state index contributed by atoms with van der Waals surface area (Å²) in [6.45, 7) is 0. The molecule has 1 aromatic carbocycles. The smallest absolute Gasteiger partial charge is 0.263 e. The maximum atomic E-state index is 11.6. The van der Waals surface area contributed by atoms with Crippen molar-refractivity contribution in [3.8, 4) is 0 Å². The molecule has 1 aliphatic rings. The molecular weight excluding hydrogens is 286 g/mol. The van der Waals surface area contributed by atoms with Crippen molar-refractivity contribution in [3.63, 3.8) is 0 Å². The molecule has 6 heteroatoms. The van der Waals surface area contributed by atoms with Gasteiger partial charge in [-0.05, 0) is 36.0 Å². The lowest BCUT2D eigenvalue weighted by Gasteiger charge is -2.15. The SMILES string of the molecule is CN(C)c1ccc(C=CC=C2C(=O)NC(=S)NC2=O)cc1. The lowest BCUT2D eigenvalue weighted by molar-refractivity contribution is -0.123. The number of thiocarbonyl (C=S) groups is 1. The second-order valence-electron chi connectivity index (χ2n) is 4.66. The molecule has 1 aliphatic heterocycles. The molecule has 1 heterocycles. The third kappa shape index (κ3) is 3.76. The van der Waals surface area contributed by atoms with Crippen LogP contribution in [0.1, 0.15) is 5.56 Å². The number of anilines is 1. The molecule has 21 heavy (non-hydrogen) atoms. The standard InChI is InChI=1S/C15H15N3O2S/c1-18(2)11-8-6-10(7-9-11)4-3-5-12-13(19)16-15(21)17-14(12)20/h3-9H,1-2H3,(H2,16,17,19,20,21). The van der Waals surface area contributed by atoms with Crippen LogP contribution in [0.25, 0.3) is 6.08 Å². The van der Waals surface area contributed by atoms with Gasteiger partial charge in [0.05, 0.1) is 0 Å². The van der Waals surface area contributed by atoms with Crippen LogP contribution in [0.4, 0.5) is 5.69 Å². The normalized spacial score (nSPS) is 15.0. The Morgan fingerprint density at radius 2 is 1.62 bits per heavy atom. The molecule has 2 N–H and O–H groups in total. The summed E-state index contributed by atoms with van der Waals surface area (Å²) >= 11 is 4.72. The van der Waals surface area contributed by atoms with E-state index in [4.69, 9.17) is 12.2 Å². The topological polar surface area (TPSA) is 61.4 Å². The van der Waals surface area contributed by atoms with Crippen molar-refractivity contribution in [2.45, 2.75) is 0 Å². The Kier molecular flexibility index (Phi) is 4.49. The highest BCUT2D eigenvalue weighted by Gasteiger charge is 2.24. The maximum absolute atomic E-state index is 11.6. The average Bonchev–Trinajstić information content (AvgIpc) is 2.42. The lowest BCUT2D eigenvalue weighted by Crippen LogP contribution is -2.51. The fourth-order valence-electron chi connectivity index (χ4n) is 1.77. The number of benzene rings is 1. The van der Waals surface area contributed by atoms with Crippen LogP contribution in [0, 0.1) is 0 Å². The predicted molar refractivity (Wildman–Crippen MR) is 86.8 cm³/mol. The first-order chi connectivity index (χ1) is 9.97. The molecule has 0 aromatic heterocycles. The van der Waals surface area contributed by atoms with Crippen molar-refractivity contribution in [1.82, 2.24) is 10.6 Å². The second-order valence-corrected chi connectivity index (χ2v) is 5.07. The van der Waals surface area contributed by atoms with Crippen LogP contribution in [0.3, 0.4) is 0 Å². The van der Waals surface area contributed by atoms with Gasteiger partial charge in [-0.1, -0.05) is 24.3 Å². The van der Waals surface area contributed by atoms with E-state index in [0.29, 0.717) is 0 Å². The maximum Gasteiger partial charge on any atom is 0.263 e. The number of amides is 2. The van der Waals surface area contributed by atoms with Gasteiger partial charge in [0.2, 0.25) is 0 Å². The number of hydrogen-bond acceptors (Lipinski definition) is 4. The largest absolute Gasteiger partial charge is 0.378 e. The van der Waals surface area contributed by atoms with Crippen molar-refractivity contribution in [2.24, 2.45) is 0 Å². The van der Waals surface area contributed by atoms with Crippen LogP contribution in [-0.4, -0.2) is 31.0 Å². The number of allylic oxidation sites excluding steroid dienone is 2. The number of hydrogen-bond donors (Lipinski definition) is 2. The van der Waals surface area contributed by atoms with Crippen molar-refractivity contribution in [3.05, 3.63) is 47.6 Å². The van der Waals surface area contributed by atoms with Gasteiger partial charge in [0.25, 0.3) is 11.8 Å². The van der Waals surface area contributed by atoms with E-state index < -0.39 is 11.8 Å². The van der Waals surface area contributed by atoms with Crippen molar-refractivity contribution in [1.29, 1.82) is 0 Å². The van der Waals surface area contributed by atoms with E-state index in [-0.39, 0.29) is 10.7 Å². The molecule has 1 aromatic rings. The first-order valence-electron chi connectivity index (χ1n) is 6.30. The molecule has 0 spiro atoms. The van der Waals surface area contributed by atoms with Gasteiger partial charge in [-0.3, -0.25) is 20.2 Å². The van der Waals surface area contributed by atoms with Gasteiger partial charge in [-0.2, -0.15) is 0 Å². The Hall–Kier alpha value is -2.47. The van der Waals surface area contributed by atoms with Gasteiger partial charge in [-0.15, -0.1) is 0 Å². The van der Waals surface area contributed by atoms with E-state index in [1.807, 2.05) is 49.3 Å². The first kappa shape index (κ1) is 14.9. The molecule has 0 atom stereocenters. The summed E-state index contributed by atoms with van der Waals surface area (Å²) in [6.07, 6.45) is 4.94. The van der Waals surface area contributed by atoms with E-state index in [1.54, 1.807) is 6.08 Å². The summed E-state index contributed by atoms with van der Waals surface area (Å²) in [7, 11) is 3.94. The van der Waals surface area contributed by atoms with Crippen LogP contribution >= 0.6 is 12.2 Å². The van der Waals surface area contributed by atoms with E-state index in [0.717, 1.165) is 11.3 Å². The average molecular weight is 301 g/mol. The molecule has 2 rings (SSSR count). The van der Waals surface area contributed by atoms with E-state index in [2.05, 4.69) is 10.6 Å². The summed E-state index contributed by atoms with van der Waals surface area (Å²) in [5.74, 6) is -0.979. The van der Waals surface area contributed by atoms with Gasteiger partial charge in [-0.25, -0.2) is 0 Å². The van der Waals surface area contributed by atoms with Crippen molar-refractivity contribution in [2.75, 3.05) is 19.0 Å². The monoisotopic (exact) mass is 301 g/mol. The summed E-state index contributed by atoms with van der Waals surface area (Å²) in [6, 6.07) is 7.90. The van der Waals surface area contributed by atoms with Gasteiger partial charge in [0.1, 0.15) is 5.57 Å². The van der Waals surface area contributed by atoms with Gasteiger partial charge in [0, 0.05) is 19.8 Å². The number of nitrogens with one attached hydrogen (secondary N) is 2. The fraction of sp³-hybridized carbons (Fsp3) is 0.133. The zero-order valence-electron chi connectivity index (χ0n) is 11.7. The molecule has 2 amide bonds. The molecule has 0 unspecified atom stereocenters. The minimum Gasteiger partial charge on any atom is -0.378 e. The Labute approximate surface area is 128 Å². The number of nitrogens with zero attached hydrogens (tertiary/aromatic N) is 1.